The van der Waals surface area contributed by atoms with Crippen molar-refractivity contribution in [2.45, 2.75) is 11.9 Å². The predicted molar refractivity (Wildman–Crippen MR) is 88.2 cm³/mol. The average molecular weight is 358 g/mol. The van der Waals surface area contributed by atoms with Gasteiger partial charge in [-0.15, -0.1) is 0 Å². The highest BCUT2D eigenvalue weighted by Crippen LogP contribution is 2.17. The molecule has 0 aliphatic heterocycles. The summed E-state index contributed by atoms with van der Waals surface area (Å²) in [4.78, 5) is 0. The van der Waals surface area contributed by atoms with Crippen LogP contribution in [0.15, 0.2) is 48.5 Å². The van der Waals surface area contributed by atoms with E-state index >= 15 is 0 Å². The van der Waals surface area contributed by atoms with E-state index in [-0.39, 0.29) is 12.3 Å². The van der Waals surface area contributed by atoms with Crippen LogP contribution in [0.1, 0.15) is 17.2 Å². The highest BCUT2D eigenvalue weighted by atomic mass is 35.5. The highest BCUT2D eigenvalue weighted by molar-refractivity contribution is 7.88. The number of nitrogens with one attached hydrogen (secondary N) is 1. The number of rotatable bonds is 7. The van der Waals surface area contributed by atoms with Gasteiger partial charge in [-0.25, -0.2) is 17.5 Å². The Morgan fingerprint density at radius 2 is 1.91 bits per heavy atom. The molecule has 0 saturated carbocycles. The lowest BCUT2D eigenvalue weighted by Crippen LogP contribution is -2.30. The summed E-state index contributed by atoms with van der Waals surface area (Å²) in [6.07, 6.45) is -0.564. The fourth-order valence-corrected chi connectivity index (χ4v) is 3.36. The summed E-state index contributed by atoms with van der Waals surface area (Å²) in [5.41, 5.74) is 1.20. The van der Waals surface area contributed by atoms with Gasteiger partial charge in [0.1, 0.15) is 5.82 Å². The number of benzene rings is 2. The molecule has 0 spiro atoms. The zero-order valence-corrected chi connectivity index (χ0v) is 14.1. The molecule has 2 aromatic rings. The van der Waals surface area contributed by atoms with Crippen molar-refractivity contribution in [3.05, 3.63) is 70.5 Å². The minimum atomic E-state index is -3.54. The van der Waals surface area contributed by atoms with Gasteiger partial charge in [0.05, 0.1) is 11.9 Å². The van der Waals surface area contributed by atoms with Crippen LogP contribution in [0.2, 0.25) is 5.02 Å². The number of hydrogen-bond donors (Lipinski definition) is 1. The number of hydrogen-bond acceptors (Lipinski definition) is 3. The molecule has 2 aromatic carbocycles. The molecule has 1 unspecified atom stereocenters. The molecular weight excluding hydrogens is 341 g/mol. The lowest BCUT2D eigenvalue weighted by atomic mass is 10.1. The Morgan fingerprint density at radius 1 is 1.22 bits per heavy atom. The second-order valence-corrected chi connectivity index (χ2v) is 7.26. The first-order valence-corrected chi connectivity index (χ1v) is 8.93. The molecule has 0 bridgehead atoms. The van der Waals surface area contributed by atoms with E-state index in [9.17, 15) is 12.8 Å². The fraction of sp³-hybridized carbons (Fsp3) is 0.250. The van der Waals surface area contributed by atoms with Gasteiger partial charge in [0.25, 0.3) is 0 Å². The van der Waals surface area contributed by atoms with Crippen molar-refractivity contribution in [3.63, 3.8) is 0 Å². The molecule has 2 rings (SSSR count). The normalized spacial score (nSPS) is 13.0. The number of ether oxygens (including phenoxy) is 1. The monoisotopic (exact) mass is 357 g/mol. The number of halogens is 2. The second-order valence-electron chi connectivity index (χ2n) is 5.01. The molecule has 0 radical (unpaired) electrons. The van der Waals surface area contributed by atoms with E-state index in [0.29, 0.717) is 16.1 Å². The minimum Gasteiger partial charge on any atom is -0.375 e. The highest BCUT2D eigenvalue weighted by Gasteiger charge is 2.17. The summed E-state index contributed by atoms with van der Waals surface area (Å²) in [7, 11) is -2.09. The van der Waals surface area contributed by atoms with Crippen LogP contribution in [0.5, 0.6) is 0 Å². The molecule has 0 saturated heterocycles. The van der Waals surface area contributed by atoms with Crippen molar-refractivity contribution >= 4 is 21.6 Å². The zero-order chi connectivity index (χ0) is 16.9. The van der Waals surface area contributed by atoms with Crippen LogP contribution in [-0.2, 0) is 20.5 Å². The van der Waals surface area contributed by atoms with Crippen LogP contribution in [0.4, 0.5) is 4.39 Å². The Balaban J connectivity index is 2.01. The molecule has 1 N–H and O–H groups in total. The van der Waals surface area contributed by atoms with Gasteiger partial charge in [0, 0.05) is 18.7 Å². The number of sulfonamides is 1. The van der Waals surface area contributed by atoms with Gasteiger partial charge >= 0.3 is 0 Å². The van der Waals surface area contributed by atoms with E-state index in [4.69, 9.17) is 16.3 Å². The maximum absolute atomic E-state index is 13.3. The van der Waals surface area contributed by atoms with Crippen LogP contribution < -0.4 is 4.72 Å². The molecule has 0 fully saturated rings. The Labute approximate surface area is 140 Å². The largest absolute Gasteiger partial charge is 0.375 e. The molecule has 4 nitrogen and oxygen atoms in total. The SMILES string of the molecule is COC(CNS(=O)(=O)Cc1ccc(Cl)cc1)c1cccc(F)c1. The maximum Gasteiger partial charge on any atom is 0.215 e. The van der Waals surface area contributed by atoms with Crippen LogP contribution in [0, 0.1) is 5.82 Å². The summed E-state index contributed by atoms with van der Waals surface area (Å²) in [5.74, 6) is -0.558. The molecule has 0 aromatic heterocycles. The number of methoxy groups -OCH3 is 1. The molecule has 0 aliphatic rings. The summed E-state index contributed by atoms with van der Waals surface area (Å²) < 4.78 is 45.2. The van der Waals surface area contributed by atoms with Crippen LogP contribution in [0.3, 0.4) is 0 Å². The maximum atomic E-state index is 13.3. The van der Waals surface area contributed by atoms with E-state index < -0.39 is 21.9 Å². The van der Waals surface area contributed by atoms with E-state index in [0.717, 1.165) is 0 Å². The van der Waals surface area contributed by atoms with E-state index in [2.05, 4.69) is 4.72 Å². The lowest BCUT2D eigenvalue weighted by Gasteiger charge is -2.17. The summed E-state index contributed by atoms with van der Waals surface area (Å²) in [6, 6.07) is 12.5. The lowest BCUT2D eigenvalue weighted by molar-refractivity contribution is 0.107. The molecule has 7 heteroatoms. The third-order valence-electron chi connectivity index (χ3n) is 3.26. The Morgan fingerprint density at radius 3 is 2.52 bits per heavy atom. The van der Waals surface area contributed by atoms with E-state index in [1.807, 2.05) is 0 Å². The summed E-state index contributed by atoms with van der Waals surface area (Å²) >= 11 is 5.77. The van der Waals surface area contributed by atoms with E-state index in [1.165, 1.54) is 19.2 Å². The van der Waals surface area contributed by atoms with Crippen molar-refractivity contribution in [1.29, 1.82) is 0 Å². The predicted octanol–water partition coefficient (Wildman–Crippen LogP) is 3.29. The first kappa shape index (κ1) is 17.9. The van der Waals surface area contributed by atoms with Gasteiger partial charge < -0.3 is 4.74 Å². The van der Waals surface area contributed by atoms with Gasteiger partial charge in [-0.3, -0.25) is 0 Å². The smallest absolute Gasteiger partial charge is 0.215 e. The Hall–Kier alpha value is -1.47. The standard InChI is InChI=1S/C16H17ClFNO3S/c1-22-16(13-3-2-4-15(18)9-13)10-19-23(20,21)11-12-5-7-14(17)8-6-12/h2-9,16,19H,10-11H2,1H3. The quantitative estimate of drug-likeness (QED) is 0.827. The van der Waals surface area contributed by atoms with Gasteiger partial charge in [0.2, 0.25) is 10.0 Å². The molecule has 124 valence electrons. The van der Waals surface area contributed by atoms with Crippen molar-refractivity contribution < 1.29 is 17.5 Å². The molecule has 23 heavy (non-hydrogen) atoms. The summed E-state index contributed by atoms with van der Waals surface area (Å²) in [5, 5.41) is 0.546. The van der Waals surface area contributed by atoms with Crippen LogP contribution in [-0.4, -0.2) is 22.1 Å². The average Bonchev–Trinajstić information content (AvgIpc) is 2.50. The van der Waals surface area contributed by atoms with Crippen LogP contribution >= 0.6 is 11.6 Å². The van der Waals surface area contributed by atoms with Crippen molar-refractivity contribution in [1.82, 2.24) is 4.72 Å². The topological polar surface area (TPSA) is 55.4 Å². The first-order valence-electron chi connectivity index (χ1n) is 6.89. The zero-order valence-electron chi connectivity index (χ0n) is 12.5. The Kier molecular flexibility index (Phi) is 6.12. The van der Waals surface area contributed by atoms with Gasteiger partial charge in [0.15, 0.2) is 0 Å². The second kappa shape index (κ2) is 7.88. The molecule has 0 aliphatic carbocycles. The first-order chi connectivity index (χ1) is 10.9. The third-order valence-corrected chi connectivity index (χ3v) is 4.84. The third kappa shape index (κ3) is 5.58. The van der Waals surface area contributed by atoms with Crippen molar-refractivity contribution in [3.8, 4) is 0 Å². The minimum absolute atomic E-state index is 0.0237. The van der Waals surface area contributed by atoms with Crippen LogP contribution in [0.25, 0.3) is 0 Å². The van der Waals surface area contributed by atoms with Gasteiger partial charge in [-0.1, -0.05) is 35.9 Å². The van der Waals surface area contributed by atoms with Crippen molar-refractivity contribution in [2.75, 3.05) is 13.7 Å². The molecule has 0 amide bonds. The van der Waals surface area contributed by atoms with Gasteiger partial charge in [-0.2, -0.15) is 0 Å². The summed E-state index contributed by atoms with van der Waals surface area (Å²) in [6.45, 7) is 0.0237. The van der Waals surface area contributed by atoms with E-state index in [1.54, 1.807) is 36.4 Å². The van der Waals surface area contributed by atoms with Crippen molar-refractivity contribution in [2.24, 2.45) is 0 Å². The molecular formula is C16H17ClFNO3S. The fourth-order valence-electron chi connectivity index (χ4n) is 2.10. The van der Waals surface area contributed by atoms with Gasteiger partial charge in [-0.05, 0) is 35.4 Å². The molecule has 1 atom stereocenters. The Bertz CT molecular complexity index is 750. The molecule has 0 heterocycles.